The minimum absolute atomic E-state index is 0.0158. The van der Waals surface area contributed by atoms with E-state index in [9.17, 15) is 9.90 Å². The maximum atomic E-state index is 12.0. The molecule has 2 rings (SSSR count). The number of aliphatic hydroxyl groups is 1. The van der Waals surface area contributed by atoms with E-state index in [0.29, 0.717) is 22.7 Å². The van der Waals surface area contributed by atoms with E-state index in [-0.39, 0.29) is 17.7 Å². The second kappa shape index (κ2) is 6.84. The molecular formula is C18H19ClN2O2. The predicted molar refractivity (Wildman–Crippen MR) is 93.6 cm³/mol. The number of rotatable bonds is 4. The SMILES string of the molecule is C=C/C(O)=C(\C=C)C1=NN(C(C)=O)C(c2ccc(C)cc2Cl)C1. The number of carbonyl (C=O) groups is 1. The molecule has 1 aromatic rings. The number of aryl methyl sites for hydroxylation is 1. The second-order valence-corrected chi connectivity index (χ2v) is 5.77. The van der Waals surface area contributed by atoms with E-state index in [1.807, 2.05) is 25.1 Å². The first-order valence-electron chi connectivity index (χ1n) is 7.20. The number of aliphatic hydroxyl groups excluding tert-OH is 1. The molecule has 4 nitrogen and oxygen atoms in total. The molecule has 0 saturated carbocycles. The van der Waals surface area contributed by atoms with Crippen LogP contribution in [-0.4, -0.2) is 21.7 Å². The molecule has 1 unspecified atom stereocenters. The van der Waals surface area contributed by atoms with Crippen molar-refractivity contribution in [3.63, 3.8) is 0 Å². The molecule has 0 aromatic heterocycles. The van der Waals surface area contributed by atoms with Crippen LogP contribution in [0.15, 0.2) is 59.9 Å². The molecule has 0 radical (unpaired) electrons. The highest BCUT2D eigenvalue weighted by atomic mass is 35.5. The first kappa shape index (κ1) is 17.0. The maximum absolute atomic E-state index is 12.0. The summed E-state index contributed by atoms with van der Waals surface area (Å²) in [5.41, 5.74) is 2.92. The van der Waals surface area contributed by atoms with Crippen LogP contribution in [0, 0.1) is 6.92 Å². The van der Waals surface area contributed by atoms with Crippen LogP contribution in [0.1, 0.15) is 30.5 Å². The summed E-state index contributed by atoms with van der Waals surface area (Å²) in [4.78, 5) is 12.0. The smallest absolute Gasteiger partial charge is 0.240 e. The largest absolute Gasteiger partial charge is 0.507 e. The van der Waals surface area contributed by atoms with Crippen molar-refractivity contribution in [1.82, 2.24) is 5.01 Å². The quantitative estimate of drug-likeness (QED) is 0.653. The maximum Gasteiger partial charge on any atom is 0.240 e. The van der Waals surface area contributed by atoms with Gasteiger partial charge in [-0.2, -0.15) is 5.10 Å². The number of hydrazone groups is 1. The van der Waals surface area contributed by atoms with Crippen LogP contribution in [0.4, 0.5) is 0 Å². The summed E-state index contributed by atoms with van der Waals surface area (Å²) in [5, 5.41) is 16.3. The fourth-order valence-corrected chi connectivity index (χ4v) is 2.95. The first-order valence-corrected chi connectivity index (χ1v) is 7.58. The Morgan fingerprint density at radius 1 is 1.43 bits per heavy atom. The zero-order chi connectivity index (χ0) is 17.1. The number of allylic oxidation sites excluding steroid dienone is 3. The van der Waals surface area contributed by atoms with Crippen LogP contribution in [0.5, 0.6) is 0 Å². The zero-order valence-corrected chi connectivity index (χ0v) is 14.0. The topological polar surface area (TPSA) is 52.9 Å². The lowest BCUT2D eigenvalue weighted by molar-refractivity contribution is -0.130. The highest BCUT2D eigenvalue weighted by molar-refractivity contribution is 6.31. The summed E-state index contributed by atoms with van der Waals surface area (Å²) in [6.45, 7) is 10.6. The number of nitrogens with zero attached hydrogens (tertiary/aromatic N) is 2. The van der Waals surface area contributed by atoms with Gasteiger partial charge >= 0.3 is 0 Å². The van der Waals surface area contributed by atoms with Crippen molar-refractivity contribution < 1.29 is 9.90 Å². The Kier molecular flexibility index (Phi) is 5.06. The van der Waals surface area contributed by atoms with Crippen molar-refractivity contribution in [3.05, 3.63) is 71.0 Å². The number of amides is 1. The lowest BCUT2D eigenvalue weighted by Crippen LogP contribution is -2.24. The highest BCUT2D eigenvalue weighted by Crippen LogP contribution is 2.37. The third-order valence-electron chi connectivity index (χ3n) is 3.73. The van der Waals surface area contributed by atoms with Gasteiger partial charge < -0.3 is 5.11 Å². The molecule has 0 bridgehead atoms. The van der Waals surface area contributed by atoms with Crippen molar-refractivity contribution in [2.24, 2.45) is 5.10 Å². The number of halogens is 1. The van der Waals surface area contributed by atoms with Crippen molar-refractivity contribution in [3.8, 4) is 0 Å². The Balaban J connectivity index is 2.47. The normalized spacial score (nSPS) is 18.3. The van der Waals surface area contributed by atoms with Crippen molar-refractivity contribution in [1.29, 1.82) is 0 Å². The van der Waals surface area contributed by atoms with E-state index in [0.717, 1.165) is 11.1 Å². The molecule has 1 aliphatic heterocycles. The molecule has 1 heterocycles. The minimum Gasteiger partial charge on any atom is -0.507 e. The van der Waals surface area contributed by atoms with Gasteiger partial charge in [-0.1, -0.05) is 43.0 Å². The van der Waals surface area contributed by atoms with E-state index >= 15 is 0 Å². The minimum atomic E-state index is -0.303. The zero-order valence-electron chi connectivity index (χ0n) is 13.2. The van der Waals surface area contributed by atoms with Crippen molar-refractivity contribution in [2.45, 2.75) is 26.3 Å². The van der Waals surface area contributed by atoms with E-state index < -0.39 is 0 Å². The van der Waals surface area contributed by atoms with Gasteiger partial charge in [0.25, 0.3) is 0 Å². The monoisotopic (exact) mass is 330 g/mol. The van der Waals surface area contributed by atoms with Crippen LogP contribution in [0.3, 0.4) is 0 Å². The lowest BCUT2D eigenvalue weighted by Gasteiger charge is -2.21. The van der Waals surface area contributed by atoms with Crippen molar-refractivity contribution >= 4 is 23.2 Å². The van der Waals surface area contributed by atoms with Crippen LogP contribution in [-0.2, 0) is 4.79 Å². The molecule has 23 heavy (non-hydrogen) atoms. The number of carbonyl (C=O) groups excluding carboxylic acids is 1. The summed E-state index contributed by atoms with van der Waals surface area (Å²) >= 11 is 6.34. The van der Waals surface area contributed by atoms with E-state index in [1.165, 1.54) is 24.1 Å². The van der Waals surface area contributed by atoms with Gasteiger partial charge in [0, 0.05) is 23.9 Å². The molecule has 0 saturated heterocycles. The van der Waals surface area contributed by atoms with Crippen LogP contribution >= 0.6 is 11.6 Å². The average molecular weight is 331 g/mol. The summed E-state index contributed by atoms with van der Waals surface area (Å²) in [6.07, 6.45) is 3.28. The van der Waals surface area contributed by atoms with Gasteiger partial charge in [-0.25, -0.2) is 5.01 Å². The molecule has 0 aliphatic carbocycles. The fraction of sp³-hybridized carbons (Fsp3) is 0.222. The summed E-state index contributed by atoms with van der Waals surface area (Å²) in [7, 11) is 0. The summed E-state index contributed by atoms with van der Waals surface area (Å²) in [6, 6.07) is 5.41. The lowest BCUT2D eigenvalue weighted by atomic mass is 9.97. The molecule has 120 valence electrons. The van der Waals surface area contributed by atoms with Gasteiger partial charge in [0.2, 0.25) is 5.91 Å². The molecule has 0 fully saturated rings. The molecule has 1 atom stereocenters. The van der Waals surface area contributed by atoms with Crippen molar-refractivity contribution in [2.75, 3.05) is 0 Å². The molecule has 1 N–H and O–H groups in total. The van der Waals surface area contributed by atoms with Gasteiger partial charge in [0.1, 0.15) is 5.76 Å². The standard InChI is InChI=1S/C18H19ClN2O2/c1-5-13(18(23)6-2)16-10-17(21(20-16)12(4)22)14-8-7-11(3)9-15(14)19/h5-9,17,23H,1-2,10H2,3-4H3/b18-13-. The first-order chi connectivity index (χ1) is 10.9. The third-order valence-corrected chi connectivity index (χ3v) is 4.06. The Labute approximate surface area is 141 Å². The van der Waals surface area contributed by atoms with Gasteiger partial charge in [-0.15, -0.1) is 0 Å². The molecule has 1 aromatic carbocycles. The Morgan fingerprint density at radius 2 is 2.13 bits per heavy atom. The number of hydrogen-bond donors (Lipinski definition) is 1. The molecular weight excluding hydrogens is 312 g/mol. The molecule has 5 heteroatoms. The highest BCUT2D eigenvalue weighted by Gasteiger charge is 2.33. The number of benzene rings is 1. The van der Waals surface area contributed by atoms with Gasteiger partial charge in [0.15, 0.2) is 0 Å². The second-order valence-electron chi connectivity index (χ2n) is 5.36. The predicted octanol–water partition coefficient (Wildman–Crippen LogP) is 4.48. The molecule has 1 amide bonds. The van der Waals surface area contributed by atoms with E-state index in [4.69, 9.17) is 11.6 Å². The van der Waals surface area contributed by atoms with Gasteiger partial charge in [-0.3, -0.25) is 4.79 Å². The van der Waals surface area contributed by atoms with Gasteiger partial charge in [-0.05, 0) is 30.2 Å². The van der Waals surface area contributed by atoms with E-state index in [1.54, 1.807) is 0 Å². The Bertz CT molecular complexity index is 735. The molecule has 1 aliphatic rings. The van der Waals surface area contributed by atoms with Crippen LogP contribution in [0.2, 0.25) is 5.02 Å². The van der Waals surface area contributed by atoms with Crippen LogP contribution < -0.4 is 0 Å². The summed E-state index contributed by atoms with van der Waals surface area (Å²) < 4.78 is 0. The third kappa shape index (κ3) is 3.37. The molecule has 0 spiro atoms. The Morgan fingerprint density at radius 3 is 2.65 bits per heavy atom. The van der Waals surface area contributed by atoms with Gasteiger partial charge in [0.05, 0.1) is 11.8 Å². The Hall–Kier alpha value is -2.33. The average Bonchev–Trinajstić information content (AvgIpc) is 2.92. The van der Waals surface area contributed by atoms with Crippen LogP contribution in [0.25, 0.3) is 0 Å². The fourth-order valence-electron chi connectivity index (χ4n) is 2.59. The van der Waals surface area contributed by atoms with E-state index in [2.05, 4.69) is 18.3 Å². The number of hydrogen-bond acceptors (Lipinski definition) is 3. The summed E-state index contributed by atoms with van der Waals surface area (Å²) in [5.74, 6) is -0.207.